The molecule has 2 aromatic heterocycles. The van der Waals surface area contributed by atoms with Crippen LogP contribution in [0.3, 0.4) is 0 Å². The van der Waals surface area contributed by atoms with E-state index < -0.39 is 0 Å². The van der Waals surface area contributed by atoms with Gasteiger partial charge in [0.2, 0.25) is 0 Å². The highest BCUT2D eigenvalue weighted by atomic mass is 16.3. The normalized spacial score (nSPS) is 13.3. The molecular formula is C52H33N3O. The smallest absolute Gasteiger partial charge is 0.164 e. The molecule has 0 bridgehead atoms. The molecule has 2 heterocycles. The van der Waals surface area contributed by atoms with Gasteiger partial charge in [-0.05, 0) is 89.6 Å². The molecule has 0 radical (unpaired) electrons. The third-order valence-electron chi connectivity index (χ3n) is 12.1. The number of aromatic nitrogens is 3. The van der Waals surface area contributed by atoms with Crippen molar-refractivity contribution in [3.63, 3.8) is 0 Å². The molecule has 0 fully saturated rings. The molecule has 0 aliphatic heterocycles. The molecule has 0 amide bonds. The lowest BCUT2D eigenvalue weighted by Gasteiger charge is -2.21. The van der Waals surface area contributed by atoms with E-state index >= 15 is 0 Å². The molecule has 0 atom stereocenters. The van der Waals surface area contributed by atoms with Gasteiger partial charge in [0, 0.05) is 32.9 Å². The lowest BCUT2D eigenvalue weighted by Crippen LogP contribution is -2.14. The zero-order valence-electron chi connectivity index (χ0n) is 30.8. The highest BCUT2D eigenvalue weighted by Crippen LogP contribution is 2.51. The van der Waals surface area contributed by atoms with E-state index in [1.54, 1.807) is 0 Å². The Balaban J connectivity index is 1.09. The molecule has 0 N–H and O–H groups in total. The molecule has 4 heteroatoms. The fourth-order valence-electron chi connectivity index (χ4n) is 9.33. The molecule has 12 rings (SSSR count). The van der Waals surface area contributed by atoms with Crippen LogP contribution in [-0.4, -0.2) is 15.0 Å². The van der Waals surface area contributed by atoms with Crippen LogP contribution in [0.5, 0.6) is 0 Å². The van der Waals surface area contributed by atoms with E-state index in [4.69, 9.17) is 19.4 Å². The minimum absolute atomic E-state index is 0.123. The molecule has 262 valence electrons. The van der Waals surface area contributed by atoms with E-state index in [2.05, 4.69) is 147 Å². The Kier molecular flexibility index (Phi) is 6.37. The molecule has 0 unspecified atom stereocenters. The monoisotopic (exact) mass is 715 g/mol. The summed E-state index contributed by atoms with van der Waals surface area (Å²) in [5.41, 5.74) is 9.49. The van der Waals surface area contributed by atoms with Crippen molar-refractivity contribution in [1.29, 1.82) is 0 Å². The number of furan rings is 1. The molecular weight excluding hydrogens is 683 g/mol. The fourth-order valence-corrected chi connectivity index (χ4v) is 9.33. The summed E-state index contributed by atoms with van der Waals surface area (Å²) in [5.74, 6) is 1.86. The number of fused-ring (bicyclic) bond motifs is 13. The Morgan fingerprint density at radius 3 is 1.96 bits per heavy atom. The first-order chi connectivity index (χ1) is 27.5. The average Bonchev–Trinajstić information content (AvgIpc) is 3.73. The maximum atomic E-state index is 6.64. The number of hydrogen-bond donors (Lipinski definition) is 0. The van der Waals surface area contributed by atoms with Crippen molar-refractivity contribution in [2.45, 2.75) is 19.3 Å². The Bertz CT molecular complexity index is 3450. The van der Waals surface area contributed by atoms with Gasteiger partial charge < -0.3 is 4.42 Å². The number of hydrogen-bond acceptors (Lipinski definition) is 4. The minimum Gasteiger partial charge on any atom is -0.456 e. The lowest BCUT2D eigenvalue weighted by molar-refractivity contribution is 0.647. The summed E-state index contributed by atoms with van der Waals surface area (Å²) in [6.45, 7) is 4.60. The zero-order chi connectivity index (χ0) is 37.1. The van der Waals surface area contributed by atoms with Crippen LogP contribution in [0.4, 0.5) is 0 Å². The van der Waals surface area contributed by atoms with Crippen LogP contribution in [0, 0.1) is 0 Å². The van der Waals surface area contributed by atoms with Crippen LogP contribution in [0.15, 0.2) is 168 Å². The van der Waals surface area contributed by atoms with Crippen molar-refractivity contribution in [3.8, 4) is 45.3 Å². The second-order valence-electron chi connectivity index (χ2n) is 15.6. The van der Waals surface area contributed by atoms with Gasteiger partial charge in [0.15, 0.2) is 17.5 Å². The van der Waals surface area contributed by atoms with Crippen molar-refractivity contribution < 1.29 is 4.42 Å². The van der Waals surface area contributed by atoms with Crippen LogP contribution in [0.2, 0.25) is 0 Å². The van der Waals surface area contributed by atoms with Gasteiger partial charge in [-0.3, -0.25) is 0 Å². The molecule has 0 spiro atoms. The van der Waals surface area contributed by atoms with Crippen LogP contribution in [0.25, 0.3) is 110 Å². The highest BCUT2D eigenvalue weighted by Gasteiger charge is 2.36. The number of rotatable bonds is 3. The number of nitrogens with zero attached hydrogens (tertiary/aromatic N) is 3. The SMILES string of the molecule is CC1(C)c2ccccc2-c2cc3c(cc21)oc1cccc(-c2nc(-c4ccccc4)nc(-c4ccc5ccc6c(ccc7ccc8ccccc8c76)c5c4)n2)c13. The van der Waals surface area contributed by atoms with Gasteiger partial charge in [0.1, 0.15) is 11.2 Å². The fraction of sp³-hybridized carbons (Fsp3) is 0.0577. The second kappa shape index (κ2) is 11.4. The first-order valence-corrected chi connectivity index (χ1v) is 19.2. The van der Waals surface area contributed by atoms with Gasteiger partial charge in [-0.25, -0.2) is 15.0 Å². The maximum absolute atomic E-state index is 6.64. The van der Waals surface area contributed by atoms with Gasteiger partial charge in [-0.1, -0.05) is 153 Å². The summed E-state index contributed by atoms with van der Waals surface area (Å²) in [6.07, 6.45) is 0. The zero-order valence-corrected chi connectivity index (χ0v) is 30.8. The molecule has 1 aliphatic carbocycles. The first-order valence-electron chi connectivity index (χ1n) is 19.2. The Hall–Kier alpha value is -7.17. The molecule has 4 nitrogen and oxygen atoms in total. The van der Waals surface area contributed by atoms with Crippen LogP contribution < -0.4 is 0 Å². The van der Waals surface area contributed by atoms with Gasteiger partial charge in [0.25, 0.3) is 0 Å². The van der Waals surface area contributed by atoms with Crippen molar-refractivity contribution in [2.24, 2.45) is 0 Å². The molecule has 1 aliphatic rings. The van der Waals surface area contributed by atoms with Crippen molar-refractivity contribution in [3.05, 3.63) is 175 Å². The minimum atomic E-state index is -0.123. The highest BCUT2D eigenvalue weighted by molar-refractivity contribution is 6.25. The molecule has 0 saturated carbocycles. The second-order valence-corrected chi connectivity index (χ2v) is 15.6. The van der Waals surface area contributed by atoms with Crippen LogP contribution >= 0.6 is 0 Å². The topological polar surface area (TPSA) is 51.8 Å². The Labute approximate surface area is 322 Å². The third-order valence-corrected chi connectivity index (χ3v) is 12.1. The summed E-state index contributed by atoms with van der Waals surface area (Å²) in [6, 6.07) is 58.4. The van der Waals surface area contributed by atoms with E-state index in [1.165, 1.54) is 60.0 Å². The van der Waals surface area contributed by atoms with E-state index in [0.29, 0.717) is 17.5 Å². The van der Waals surface area contributed by atoms with Crippen LogP contribution in [0.1, 0.15) is 25.0 Å². The molecule has 56 heavy (non-hydrogen) atoms. The predicted molar refractivity (Wildman–Crippen MR) is 231 cm³/mol. The quantitative estimate of drug-likeness (QED) is 0.171. The van der Waals surface area contributed by atoms with Gasteiger partial charge in [-0.2, -0.15) is 0 Å². The summed E-state index contributed by atoms with van der Waals surface area (Å²) in [7, 11) is 0. The lowest BCUT2D eigenvalue weighted by atomic mass is 9.82. The van der Waals surface area contributed by atoms with E-state index in [1.807, 2.05) is 30.3 Å². The predicted octanol–water partition coefficient (Wildman–Crippen LogP) is 13.7. The van der Waals surface area contributed by atoms with E-state index in [0.717, 1.165) is 44.0 Å². The van der Waals surface area contributed by atoms with Gasteiger partial charge >= 0.3 is 0 Å². The first kappa shape index (κ1) is 31.2. The Morgan fingerprint density at radius 1 is 0.375 bits per heavy atom. The van der Waals surface area contributed by atoms with Gasteiger partial charge in [0.05, 0.1) is 0 Å². The summed E-state index contributed by atoms with van der Waals surface area (Å²) < 4.78 is 6.64. The number of benzene rings is 9. The van der Waals surface area contributed by atoms with E-state index in [-0.39, 0.29) is 5.41 Å². The van der Waals surface area contributed by atoms with Crippen molar-refractivity contribution in [1.82, 2.24) is 15.0 Å². The standard InChI is InChI=1S/C52H33N3O/c1-52(2)43-17-9-8-15-37(43)41-28-42-46(29-44(41)52)56-45-18-10-16-39(48(42)45)51-54-49(33-12-4-3-5-13-33)53-50(55-51)34-22-20-31-23-26-38-36(40(31)27-34)25-24-32-21-19-30-11-6-7-14-35(30)47(32)38/h3-29H,1-2H3. The average molecular weight is 716 g/mol. The third kappa shape index (κ3) is 4.44. The van der Waals surface area contributed by atoms with Crippen LogP contribution in [-0.2, 0) is 5.41 Å². The molecule has 11 aromatic rings. The summed E-state index contributed by atoms with van der Waals surface area (Å²) >= 11 is 0. The summed E-state index contributed by atoms with van der Waals surface area (Å²) in [5, 5.41) is 11.9. The van der Waals surface area contributed by atoms with Crippen molar-refractivity contribution in [2.75, 3.05) is 0 Å². The molecule has 9 aromatic carbocycles. The largest absolute Gasteiger partial charge is 0.456 e. The van der Waals surface area contributed by atoms with E-state index in [9.17, 15) is 0 Å². The van der Waals surface area contributed by atoms with Gasteiger partial charge in [-0.15, -0.1) is 0 Å². The Morgan fingerprint density at radius 2 is 1.05 bits per heavy atom. The summed E-state index contributed by atoms with van der Waals surface area (Å²) in [4.78, 5) is 15.6. The molecule has 0 saturated heterocycles. The maximum Gasteiger partial charge on any atom is 0.164 e. The van der Waals surface area contributed by atoms with Crippen molar-refractivity contribution >= 4 is 65.0 Å².